The minimum Gasteiger partial charge on any atom is -0.350 e. The predicted octanol–water partition coefficient (Wildman–Crippen LogP) is 1.28. The Hall–Kier alpha value is -3.58. The summed E-state index contributed by atoms with van der Waals surface area (Å²) in [6, 6.07) is 1.88. The third kappa shape index (κ3) is 10.9. The monoisotopic (exact) mass is 563 g/mol. The number of nitro groups is 1. The number of nitrogens with one attached hydrogen (secondary N) is 5. The van der Waals surface area contributed by atoms with Crippen molar-refractivity contribution in [3.05, 3.63) is 34.4 Å². The standard InChI is InChI=1S/C27H45N7O6/c1-14(2)21(33-26(37)22(28)15(3)4)13-29-23(16(5)6)27(38)31-17(7)24(35)30-18(8)25(36)32-19-9-11-20(12-10-19)34(39)40/h9-12,14-18,21-23,29H,13,28H2,1-8H3,(H,30,35)(H,31,38)(H,32,36)(H,33,37)/t17-,18-,21+,22-,23-/m0/s1. The van der Waals surface area contributed by atoms with Crippen LogP contribution in [0.4, 0.5) is 11.4 Å². The molecule has 0 unspecified atom stereocenters. The van der Waals surface area contributed by atoms with Crippen LogP contribution in [-0.2, 0) is 19.2 Å². The maximum Gasteiger partial charge on any atom is 0.269 e. The second kappa shape index (κ2) is 15.9. The minimum atomic E-state index is -0.936. The Bertz CT molecular complexity index is 1030. The highest BCUT2D eigenvalue weighted by atomic mass is 16.6. The molecule has 0 saturated heterocycles. The molecule has 7 N–H and O–H groups in total. The third-order valence-corrected chi connectivity index (χ3v) is 6.51. The Morgan fingerprint density at radius 2 is 1.27 bits per heavy atom. The molecule has 0 bridgehead atoms. The number of hydrogen-bond acceptors (Lipinski definition) is 8. The van der Waals surface area contributed by atoms with E-state index in [0.29, 0.717) is 12.2 Å². The highest BCUT2D eigenvalue weighted by Gasteiger charge is 2.29. The van der Waals surface area contributed by atoms with E-state index in [1.165, 1.54) is 38.1 Å². The Morgan fingerprint density at radius 3 is 1.75 bits per heavy atom. The van der Waals surface area contributed by atoms with Crippen molar-refractivity contribution in [1.29, 1.82) is 0 Å². The van der Waals surface area contributed by atoms with Crippen molar-refractivity contribution in [1.82, 2.24) is 21.3 Å². The molecule has 13 nitrogen and oxygen atoms in total. The van der Waals surface area contributed by atoms with Gasteiger partial charge in [-0.05, 0) is 43.7 Å². The molecule has 13 heteroatoms. The molecule has 0 aliphatic heterocycles. The maximum atomic E-state index is 13.0. The van der Waals surface area contributed by atoms with Crippen LogP contribution in [-0.4, -0.2) is 65.3 Å². The summed E-state index contributed by atoms with van der Waals surface area (Å²) in [5.41, 5.74) is 6.19. The number of non-ortho nitro benzene ring substituents is 1. The molecule has 0 aromatic heterocycles. The van der Waals surface area contributed by atoms with E-state index in [1.54, 1.807) is 0 Å². The molecule has 1 aromatic carbocycles. The summed E-state index contributed by atoms with van der Waals surface area (Å²) in [5, 5.41) is 24.8. The fourth-order valence-corrected chi connectivity index (χ4v) is 3.61. The number of rotatable bonds is 15. The summed E-state index contributed by atoms with van der Waals surface area (Å²) in [5.74, 6) is -1.79. The van der Waals surface area contributed by atoms with E-state index in [1.807, 2.05) is 41.5 Å². The van der Waals surface area contributed by atoms with Gasteiger partial charge in [0.05, 0.1) is 17.0 Å². The molecule has 0 radical (unpaired) electrons. The lowest BCUT2D eigenvalue weighted by molar-refractivity contribution is -0.384. The van der Waals surface area contributed by atoms with Crippen molar-refractivity contribution < 1.29 is 24.1 Å². The van der Waals surface area contributed by atoms with Crippen LogP contribution in [0.5, 0.6) is 0 Å². The van der Waals surface area contributed by atoms with Gasteiger partial charge in [-0.1, -0.05) is 41.5 Å². The van der Waals surface area contributed by atoms with Crippen LogP contribution in [0.15, 0.2) is 24.3 Å². The van der Waals surface area contributed by atoms with Crippen LogP contribution in [0.1, 0.15) is 55.4 Å². The van der Waals surface area contributed by atoms with Gasteiger partial charge in [0.2, 0.25) is 23.6 Å². The molecule has 1 aromatic rings. The molecule has 40 heavy (non-hydrogen) atoms. The summed E-state index contributed by atoms with van der Waals surface area (Å²) in [6.07, 6.45) is 0. The molecular formula is C27H45N7O6. The predicted molar refractivity (Wildman–Crippen MR) is 153 cm³/mol. The third-order valence-electron chi connectivity index (χ3n) is 6.51. The number of anilines is 1. The van der Waals surface area contributed by atoms with Crippen molar-refractivity contribution in [2.45, 2.75) is 85.6 Å². The molecule has 1 rings (SSSR count). The molecule has 4 amide bonds. The van der Waals surface area contributed by atoms with Gasteiger partial charge >= 0.3 is 0 Å². The van der Waals surface area contributed by atoms with E-state index in [0.717, 1.165) is 0 Å². The first kappa shape index (κ1) is 34.4. The molecule has 0 heterocycles. The topological polar surface area (TPSA) is 198 Å². The van der Waals surface area contributed by atoms with Crippen molar-refractivity contribution in [3.63, 3.8) is 0 Å². The van der Waals surface area contributed by atoms with E-state index < -0.39 is 46.8 Å². The summed E-state index contributed by atoms with van der Waals surface area (Å²) in [7, 11) is 0. The SMILES string of the molecule is CC(C)[C@H](N)C(=O)N[C@H](CN[C@H](C(=O)N[C@@H](C)C(=O)N[C@@H](C)C(=O)Nc1ccc([N+](=O)[O-])cc1)C(C)C)C(C)C. The number of amides is 4. The largest absolute Gasteiger partial charge is 0.350 e. The number of benzene rings is 1. The lowest BCUT2D eigenvalue weighted by Crippen LogP contribution is -2.58. The van der Waals surface area contributed by atoms with Gasteiger partial charge in [-0.15, -0.1) is 0 Å². The van der Waals surface area contributed by atoms with Crippen molar-refractivity contribution in [3.8, 4) is 0 Å². The minimum absolute atomic E-state index is 0.0151. The lowest BCUT2D eigenvalue weighted by Gasteiger charge is -2.29. The Morgan fingerprint density at radius 1 is 0.750 bits per heavy atom. The molecule has 0 aliphatic carbocycles. The highest BCUT2D eigenvalue weighted by molar-refractivity contribution is 5.98. The highest BCUT2D eigenvalue weighted by Crippen LogP contribution is 2.15. The number of nitrogens with zero attached hydrogens (tertiary/aromatic N) is 1. The van der Waals surface area contributed by atoms with Gasteiger partial charge < -0.3 is 32.3 Å². The van der Waals surface area contributed by atoms with E-state index >= 15 is 0 Å². The molecule has 0 aliphatic rings. The molecule has 5 atom stereocenters. The first-order valence-corrected chi connectivity index (χ1v) is 13.5. The van der Waals surface area contributed by atoms with E-state index in [9.17, 15) is 29.3 Å². The second-order valence-electron chi connectivity index (χ2n) is 11.0. The molecule has 0 fully saturated rings. The molecule has 224 valence electrons. The number of carbonyl (C=O) groups excluding carboxylic acids is 4. The zero-order valence-electron chi connectivity index (χ0n) is 24.6. The molecular weight excluding hydrogens is 518 g/mol. The average molecular weight is 564 g/mol. The van der Waals surface area contributed by atoms with Crippen molar-refractivity contribution in [2.75, 3.05) is 11.9 Å². The van der Waals surface area contributed by atoms with Gasteiger partial charge in [0.25, 0.3) is 5.69 Å². The molecule has 0 spiro atoms. The van der Waals surface area contributed by atoms with Crippen LogP contribution < -0.4 is 32.3 Å². The van der Waals surface area contributed by atoms with Crippen molar-refractivity contribution in [2.24, 2.45) is 23.5 Å². The van der Waals surface area contributed by atoms with Gasteiger partial charge in [-0.3, -0.25) is 29.3 Å². The van der Waals surface area contributed by atoms with E-state index in [4.69, 9.17) is 5.73 Å². The van der Waals surface area contributed by atoms with Crippen LogP contribution in [0.25, 0.3) is 0 Å². The zero-order valence-corrected chi connectivity index (χ0v) is 24.6. The normalized spacial score (nSPS) is 15.1. The summed E-state index contributed by atoms with van der Waals surface area (Å²) in [4.78, 5) is 60.9. The Labute approximate surface area is 235 Å². The first-order chi connectivity index (χ1) is 18.5. The summed E-state index contributed by atoms with van der Waals surface area (Å²) >= 11 is 0. The summed E-state index contributed by atoms with van der Waals surface area (Å²) in [6.45, 7) is 14.7. The van der Waals surface area contributed by atoms with Gasteiger partial charge in [-0.2, -0.15) is 0 Å². The number of nitro benzene ring substituents is 1. The lowest BCUT2D eigenvalue weighted by atomic mass is 9.99. The first-order valence-electron chi connectivity index (χ1n) is 13.5. The van der Waals surface area contributed by atoms with Crippen molar-refractivity contribution >= 4 is 35.0 Å². The average Bonchev–Trinajstić information content (AvgIpc) is 2.87. The van der Waals surface area contributed by atoms with Crippen LogP contribution >= 0.6 is 0 Å². The molecule has 0 saturated carbocycles. The summed E-state index contributed by atoms with van der Waals surface area (Å²) < 4.78 is 0. The maximum absolute atomic E-state index is 13.0. The number of carbonyl (C=O) groups is 4. The van der Waals surface area contributed by atoms with Crippen LogP contribution in [0.2, 0.25) is 0 Å². The second-order valence-corrected chi connectivity index (χ2v) is 11.0. The van der Waals surface area contributed by atoms with E-state index in [2.05, 4.69) is 26.6 Å². The Kier molecular flexibility index (Phi) is 13.7. The number of nitrogens with two attached hydrogens (primary N) is 1. The number of hydrogen-bond donors (Lipinski definition) is 6. The van der Waals surface area contributed by atoms with Gasteiger partial charge in [-0.25, -0.2) is 0 Å². The Balaban J connectivity index is 2.70. The fraction of sp³-hybridized carbons (Fsp3) is 0.630. The van der Waals surface area contributed by atoms with Gasteiger partial charge in [0.15, 0.2) is 0 Å². The van der Waals surface area contributed by atoms with Crippen LogP contribution in [0.3, 0.4) is 0 Å². The smallest absolute Gasteiger partial charge is 0.269 e. The quantitative estimate of drug-likeness (QED) is 0.135. The van der Waals surface area contributed by atoms with Gasteiger partial charge in [0.1, 0.15) is 12.1 Å². The zero-order chi connectivity index (χ0) is 30.7. The van der Waals surface area contributed by atoms with Crippen LogP contribution in [0, 0.1) is 27.9 Å². The van der Waals surface area contributed by atoms with E-state index in [-0.39, 0.29) is 35.4 Å². The van der Waals surface area contributed by atoms with Gasteiger partial charge in [0, 0.05) is 30.4 Å². The fourth-order valence-electron chi connectivity index (χ4n) is 3.61.